The topological polar surface area (TPSA) is 107 Å². The molecule has 0 radical (unpaired) electrons. The number of carboxylic acids is 1. The van der Waals surface area contributed by atoms with E-state index < -0.39 is 18.0 Å². The minimum Gasteiger partial charge on any atom is -0.481 e. The maximum Gasteiger partial charge on any atom is 0.303 e. The molecule has 7 nitrogen and oxygen atoms in total. The SMILES string of the molecule is O=C(O)C[C@@H]1CN(C(=O)c2cn[nH]c2C2CCCCC2)C[C@H]1O. The molecule has 0 unspecified atom stereocenters. The number of nitrogens with one attached hydrogen (secondary N) is 1. The Morgan fingerprint density at radius 2 is 2.00 bits per heavy atom. The summed E-state index contributed by atoms with van der Waals surface area (Å²) in [6.07, 6.45) is 6.36. The van der Waals surface area contributed by atoms with Gasteiger partial charge in [0.15, 0.2) is 0 Å². The molecule has 0 spiro atoms. The van der Waals surface area contributed by atoms with E-state index in [9.17, 15) is 14.7 Å². The van der Waals surface area contributed by atoms with Crippen molar-refractivity contribution in [3.05, 3.63) is 17.5 Å². The van der Waals surface area contributed by atoms with Crippen molar-refractivity contribution in [3.8, 4) is 0 Å². The van der Waals surface area contributed by atoms with Crippen LogP contribution in [-0.4, -0.2) is 56.4 Å². The number of H-pyrrole nitrogens is 1. The van der Waals surface area contributed by atoms with Gasteiger partial charge in [-0.05, 0) is 12.8 Å². The van der Waals surface area contributed by atoms with Crippen molar-refractivity contribution >= 4 is 11.9 Å². The summed E-state index contributed by atoms with van der Waals surface area (Å²) >= 11 is 0. The van der Waals surface area contributed by atoms with Crippen LogP contribution in [0.2, 0.25) is 0 Å². The Morgan fingerprint density at radius 3 is 2.70 bits per heavy atom. The Hall–Kier alpha value is -1.89. The summed E-state index contributed by atoms with van der Waals surface area (Å²) in [5.74, 6) is -1.17. The maximum atomic E-state index is 12.8. The number of hydrogen-bond donors (Lipinski definition) is 3. The molecule has 2 fully saturated rings. The molecule has 0 aromatic carbocycles. The number of rotatable bonds is 4. The molecule has 2 heterocycles. The molecule has 1 amide bonds. The molecule has 1 aliphatic heterocycles. The third kappa shape index (κ3) is 3.39. The van der Waals surface area contributed by atoms with Gasteiger partial charge < -0.3 is 15.1 Å². The third-order valence-electron chi connectivity index (χ3n) is 5.04. The van der Waals surface area contributed by atoms with Crippen molar-refractivity contribution in [1.29, 1.82) is 0 Å². The van der Waals surface area contributed by atoms with Crippen LogP contribution in [0.5, 0.6) is 0 Å². The van der Waals surface area contributed by atoms with Crippen LogP contribution in [0, 0.1) is 5.92 Å². The van der Waals surface area contributed by atoms with E-state index in [0.717, 1.165) is 18.5 Å². The number of aliphatic carboxylic acids is 1. The summed E-state index contributed by atoms with van der Waals surface area (Å²) in [5.41, 5.74) is 1.46. The van der Waals surface area contributed by atoms with E-state index in [0.29, 0.717) is 11.5 Å². The molecule has 126 valence electrons. The summed E-state index contributed by atoms with van der Waals surface area (Å²) in [7, 11) is 0. The van der Waals surface area contributed by atoms with Crippen molar-refractivity contribution in [3.63, 3.8) is 0 Å². The normalized spacial score (nSPS) is 25.7. The van der Waals surface area contributed by atoms with E-state index in [-0.39, 0.29) is 25.4 Å². The molecule has 23 heavy (non-hydrogen) atoms. The monoisotopic (exact) mass is 321 g/mol. The fraction of sp³-hybridized carbons (Fsp3) is 0.688. The van der Waals surface area contributed by atoms with Crippen LogP contribution in [0.25, 0.3) is 0 Å². The fourth-order valence-corrected chi connectivity index (χ4v) is 3.78. The van der Waals surface area contributed by atoms with Gasteiger partial charge in [0.1, 0.15) is 0 Å². The smallest absolute Gasteiger partial charge is 0.303 e. The van der Waals surface area contributed by atoms with E-state index in [1.807, 2.05) is 0 Å². The summed E-state index contributed by atoms with van der Waals surface area (Å²) in [6, 6.07) is 0. The first-order valence-electron chi connectivity index (χ1n) is 8.28. The largest absolute Gasteiger partial charge is 0.481 e. The van der Waals surface area contributed by atoms with Crippen LogP contribution in [0.15, 0.2) is 6.20 Å². The minimum absolute atomic E-state index is 0.119. The second-order valence-corrected chi connectivity index (χ2v) is 6.67. The molecule has 7 heteroatoms. The summed E-state index contributed by atoms with van der Waals surface area (Å²) in [4.78, 5) is 25.1. The molecular weight excluding hydrogens is 298 g/mol. The van der Waals surface area contributed by atoms with E-state index in [2.05, 4.69) is 10.2 Å². The lowest BCUT2D eigenvalue weighted by Gasteiger charge is -2.22. The highest BCUT2D eigenvalue weighted by Gasteiger charge is 2.37. The van der Waals surface area contributed by atoms with Gasteiger partial charge in [0, 0.05) is 24.9 Å². The van der Waals surface area contributed by atoms with Gasteiger partial charge in [0.05, 0.1) is 30.0 Å². The molecule has 1 aromatic rings. The molecule has 2 atom stereocenters. The molecular formula is C16H23N3O4. The fourth-order valence-electron chi connectivity index (χ4n) is 3.78. The molecule has 3 rings (SSSR count). The lowest BCUT2D eigenvalue weighted by molar-refractivity contribution is -0.138. The summed E-state index contributed by atoms with van der Waals surface area (Å²) in [6.45, 7) is 0.466. The summed E-state index contributed by atoms with van der Waals surface area (Å²) < 4.78 is 0. The van der Waals surface area contributed by atoms with Crippen LogP contribution < -0.4 is 0 Å². The number of carbonyl (C=O) groups excluding carboxylic acids is 1. The molecule has 2 aliphatic rings. The predicted octanol–water partition coefficient (Wildman–Crippen LogP) is 1.36. The summed E-state index contributed by atoms with van der Waals surface area (Å²) in [5, 5.41) is 25.9. The number of amides is 1. The van der Waals surface area contributed by atoms with E-state index in [1.165, 1.54) is 19.3 Å². The predicted molar refractivity (Wildman–Crippen MR) is 82.1 cm³/mol. The molecule has 0 bridgehead atoms. The van der Waals surface area contributed by atoms with Crippen LogP contribution in [0.1, 0.15) is 60.5 Å². The van der Waals surface area contributed by atoms with Crippen molar-refractivity contribution in [1.82, 2.24) is 15.1 Å². The number of aromatic amines is 1. The van der Waals surface area contributed by atoms with Gasteiger partial charge in [-0.2, -0.15) is 5.10 Å². The second-order valence-electron chi connectivity index (χ2n) is 6.67. The standard InChI is InChI=1S/C16H23N3O4/c20-13-9-19(8-11(13)6-14(21)22)16(23)12-7-17-18-15(12)10-4-2-1-3-5-10/h7,10-11,13,20H,1-6,8-9H2,(H,17,18)(H,21,22)/t11-,13-/m1/s1. The number of carboxylic acid groups (broad SMARTS) is 1. The number of carbonyl (C=O) groups is 2. The number of hydrogen-bond acceptors (Lipinski definition) is 4. The Labute approximate surface area is 134 Å². The average Bonchev–Trinajstić information content (AvgIpc) is 3.15. The lowest BCUT2D eigenvalue weighted by atomic mass is 9.85. The van der Waals surface area contributed by atoms with Gasteiger partial charge in [-0.1, -0.05) is 19.3 Å². The Bertz CT molecular complexity index is 580. The first-order valence-corrected chi connectivity index (χ1v) is 8.28. The lowest BCUT2D eigenvalue weighted by Crippen LogP contribution is -2.30. The first-order chi connectivity index (χ1) is 11.1. The van der Waals surface area contributed by atoms with E-state index >= 15 is 0 Å². The molecule has 1 saturated heterocycles. The van der Waals surface area contributed by atoms with Gasteiger partial charge in [-0.3, -0.25) is 14.7 Å². The van der Waals surface area contributed by atoms with Gasteiger partial charge in [0.25, 0.3) is 5.91 Å². The zero-order valence-corrected chi connectivity index (χ0v) is 13.1. The van der Waals surface area contributed by atoms with Gasteiger partial charge in [-0.15, -0.1) is 0 Å². The number of nitrogens with zero attached hydrogens (tertiary/aromatic N) is 2. The highest BCUT2D eigenvalue weighted by Crippen LogP contribution is 2.34. The zero-order chi connectivity index (χ0) is 16.4. The molecule has 1 aliphatic carbocycles. The molecule has 3 N–H and O–H groups in total. The van der Waals surface area contributed by atoms with E-state index in [1.54, 1.807) is 11.1 Å². The van der Waals surface area contributed by atoms with Crippen LogP contribution in [0.4, 0.5) is 0 Å². The minimum atomic E-state index is -0.949. The van der Waals surface area contributed by atoms with Crippen molar-refractivity contribution in [2.24, 2.45) is 5.92 Å². The van der Waals surface area contributed by atoms with Crippen LogP contribution in [0.3, 0.4) is 0 Å². The molecule has 1 aromatic heterocycles. The van der Waals surface area contributed by atoms with Gasteiger partial charge >= 0.3 is 5.97 Å². The van der Waals surface area contributed by atoms with Gasteiger partial charge in [0.2, 0.25) is 0 Å². The first kappa shape index (κ1) is 16.0. The number of aromatic nitrogens is 2. The second kappa shape index (κ2) is 6.70. The highest BCUT2D eigenvalue weighted by molar-refractivity contribution is 5.95. The van der Waals surface area contributed by atoms with Crippen LogP contribution in [-0.2, 0) is 4.79 Å². The van der Waals surface area contributed by atoms with Crippen molar-refractivity contribution in [2.45, 2.75) is 50.5 Å². The average molecular weight is 321 g/mol. The van der Waals surface area contributed by atoms with Crippen molar-refractivity contribution < 1.29 is 19.8 Å². The van der Waals surface area contributed by atoms with Crippen molar-refractivity contribution in [2.75, 3.05) is 13.1 Å². The highest BCUT2D eigenvalue weighted by atomic mass is 16.4. The number of aliphatic hydroxyl groups excluding tert-OH is 1. The Morgan fingerprint density at radius 1 is 1.26 bits per heavy atom. The van der Waals surface area contributed by atoms with Gasteiger partial charge in [-0.25, -0.2) is 0 Å². The maximum absolute atomic E-state index is 12.8. The Kier molecular flexibility index (Phi) is 4.66. The molecule has 1 saturated carbocycles. The van der Waals surface area contributed by atoms with Crippen LogP contribution >= 0.6 is 0 Å². The Balaban J connectivity index is 1.71. The van der Waals surface area contributed by atoms with E-state index in [4.69, 9.17) is 5.11 Å². The number of β-amino-alcohol motifs (C(OH)–C–C–N with tert-alkyl or cyclic N) is 1. The zero-order valence-electron chi connectivity index (χ0n) is 13.1. The third-order valence-corrected chi connectivity index (χ3v) is 5.04. The number of aliphatic hydroxyl groups is 1. The quantitative estimate of drug-likeness (QED) is 0.776. The number of likely N-dealkylation sites (tertiary alicyclic amines) is 1.